The molecule has 0 spiro atoms. The number of amides is 1. The molecule has 4 rings (SSSR count). The fraction of sp³-hybridized carbons (Fsp3) is 0.536. The second kappa shape index (κ2) is 12.2. The first-order valence-electron chi connectivity index (χ1n) is 13.1. The van der Waals surface area contributed by atoms with Crippen molar-refractivity contribution in [3.63, 3.8) is 0 Å². The maximum atomic E-state index is 12.8. The number of aliphatic carboxylic acids is 1. The second-order valence-corrected chi connectivity index (χ2v) is 9.99. The number of aromatic nitrogens is 1. The van der Waals surface area contributed by atoms with Crippen LogP contribution in [0, 0.1) is 5.92 Å². The lowest BCUT2D eigenvalue weighted by Gasteiger charge is -2.36. The predicted molar refractivity (Wildman–Crippen MR) is 139 cm³/mol. The number of nitrogens with one attached hydrogen (secondary N) is 2. The Morgan fingerprint density at radius 3 is 2.72 bits per heavy atom. The number of aryl methyl sites for hydroxylation is 2. The van der Waals surface area contributed by atoms with E-state index in [9.17, 15) is 14.7 Å². The van der Waals surface area contributed by atoms with Crippen LogP contribution in [0.2, 0.25) is 0 Å². The highest BCUT2D eigenvalue weighted by Gasteiger charge is 2.34. The standard InChI is InChI=1S/C28H38N4O4/c1-19(2)36-24-10-4-3-9-23(24)25(28(34)35)32-17-13-21(14-18-32)27(33)30-16-6-8-22-12-11-20-7-5-15-29-26(20)31-22/h3-4,9-12,19,21,25H,5-8,13-18H2,1-2H3,(H,29,31)(H,30,33)(H,34,35)/t25-/m0/s1. The predicted octanol–water partition coefficient (Wildman–Crippen LogP) is 3.81. The zero-order chi connectivity index (χ0) is 25.5. The first kappa shape index (κ1) is 25.9. The number of piperidine rings is 1. The number of rotatable bonds is 10. The summed E-state index contributed by atoms with van der Waals surface area (Å²) in [7, 11) is 0. The molecule has 8 heteroatoms. The first-order valence-corrected chi connectivity index (χ1v) is 13.1. The maximum absolute atomic E-state index is 12.8. The van der Waals surface area contributed by atoms with Crippen molar-refractivity contribution in [2.24, 2.45) is 5.92 Å². The van der Waals surface area contributed by atoms with E-state index in [1.54, 1.807) is 0 Å². The molecule has 3 N–H and O–H groups in total. The van der Waals surface area contributed by atoms with Gasteiger partial charge in [0.2, 0.25) is 5.91 Å². The zero-order valence-electron chi connectivity index (χ0n) is 21.3. The van der Waals surface area contributed by atoms with Crippen molar-refractivity contribution in [2.45, 2.75) is 64.5 Å². The van der Waals surface area contributed by atoms with Gasteiger partial charge in [-0.1, -0.05) is 24.3 Å². The van der Waals surface area contributed by atoms with Gasteiger partial charge in [0.1, 0.15) is 17.6 Å². The van der Waals surface area contributed by atoms with E-state index in [1.165, 1.54) is 5.56 Å². The Bertz CT molecular complexity index is 1050. The number of pyridine rings is 1. The number of likely N-dealkylation sites (tertiary alicyclic amines) is 1. The lowest BCUT2D eigenvalue weighted by atomic mass is 9.93. The normalized spacial score (nSPS) is 17.2. The number of anilines is 1. The number of hydrogen-bond acceptors (Lipinski definition) is 6. The number of carbonyl (C=O) groups is 2. The van der Waals surface area contributed by atoms with Crippen molar-refractivity contribution in [1.29, 1.82) is 0 Å². The largest absolute Gasteiger partial charge is 0.491 e. The molecule has 1 fully saturated rings. The minimum atomic E-state index is -0.899. The van der Waals surface area contributed by atoms with E-state index >= 15 is 0 Å². The minimum Gasteiger partial charge on any atom is -0.491 e. The summed E-state index contributed by atoms with van der Waals surface area (Å²) in [6.45, 7) is 6.55. The molecular weight excluding hydrogens is 456 g/mol. The number of carboxylic acid groups (broad SMARTS) is 1. The fourth-order valence-corrected chi connectivity index (χ4v) is 5.11. The van der Waals surface area contributed by atoms with Crippen LogP contribution >= 0.6 is 0 Å². The van der Waals surface area contributed by atoms with Crippen LogP contribution in [0.25, 0.3) is 0 Å². The molecular formula is C28H38N4O4. The highest BCUT2D eigenvalue weighted by molar-refractivity contribution is 5.79. The van der Waals surface area contributed by atoms with Gasteiger partial charge in [0.15, 0.2) is 0 Å². The third-order valence-corrected chi connectivity index (χ3v) is 6.94. The molecule has 2 aromatic rings. The van der Waals surface area contributed by atoms with Crippen LogP contribution in [0.5, 0.6) is 5.75 Å². The third kappa shape index (κ3) is 6.55. The van der Waals surface area contributed by atoms with Crippen LogP contribution in [0.4, 0.5) is 5.82 Å². The van der Waals surface area contributed by atoms with Crippen LogP contribution < -0.4 is 15.4 Å². The van der Waals surface area contributed by atoms with Gasteiger partial charge in [-0.25, -0.2) is 4.98 Å². The van der Waals surface area contributed by atoms with Crippen LogP contribution in [-0.4, -0.2) is 59.1 Å². The molecule has 3 heterocycles. The molecule has 2 aliphatic rings. The van der Waals surface area contributed by atoms with E-state index in [2.05, 4.69) is 22.8 Å². The molecule has 194 valence electrons. The topological polar surface area (TPSA) is 104 Å². The molecule has 1 aromatic carbocycles. The summed E-state index contributed by atoms with van der Waals surface area (Å²) in [6.07, 6.45) is 5.12. The number of fused-ring (bicyclic) bond motifs is 1. The number of carboxylic acids is 1. The van der Waals surface area contributed by atoms with Crippen molar-refractivity contribution < 1.29 is 19.4 Å². The van der Waals surface area contributed by atoms with Crippen molar-refractivity contribution in [3.8, 4) is 5.75 Å². The Labute approximate surface area is 213 Å². The molecule has 2 aliphatic heterocycles. The monoisotopic (exact) mass is 494 g/mol. The van der Waals surface area contributed by atoms with Gasteiger partial charge in [0.05, 0.1) is 6.10 Å². The molecule has 1 saturated heterocycles. The Morgan fingerprint density at radius 1 is 1.19 bits per heavy atom. The molecule has 0 saturated carbocycles. The maximum Gasteiger partial charge on any atom is 0.325 e. The summed E-state index contributed by atoms with van der Waals surface area (Å²) < 4.78 is 5.88. The van der Waals surface area contributed by atoms with Crippen molar-refractivity contribution in [1.82, 2.24) is 15.2 Å². The van der Waals surface area contributed by atoms with E-state index in [1.807, 2.05) is 43.0 Å². The van der Waals surface area contributed by atoms with Gasteiger partial charge in [-0.2, -0.15) is 0 Å². The van der Waals surface area contributed by atoms with Gasteiger partial charge < -0.3 is 20.5 Å². The van der Waals surface area contributed by atoms with Gasteiger partial charge >= 0.3 is 5.97 Å². The summed E-state index contributed by atoms with van der Waals surface area (Å²) in [4.78, 5) is 31.7. The fourth-order valence-electron chi connectivity index (χ4n) is 5.11. The number of benzene rings is 1. The number of hydrogen-bond donors (Lipinski definition) is 3. The number of para-hydroxylation sites is 1. The number of carbonyl (C=O) groups excluding carboxylic acids is 1. The molecule has 36 heavy (non-hydrogen) atoms. The molecule has 1 amide bonds. The first-order chi connectivity index (χ1) is 17.4. The molecule has 0 bridgehead atoms. The lowest BCUT2D eigenvalue weighted by Crippen LogP contribution is -2.44. The minimum absolute atomic E-state index is 0.0466. The van der Waals surface area contributed by atoms with Gasteiger partial charge in [0, 0.05) is 43.4 Å². The summed E-state index contributed by atoms with van der Waals surface area (Å²) in [5, 5.41) is 16.5. The van der Waals surface area contributed by atoms with Gasteiger partial charge in [-0.05, 0) is 70.1 Å². The highest BCUT2D eigenvalue weighted by Crippen LogP contribution is 2.33. The summed E-state index contributed by atoms with van der Waals surface area (Å²) >= 11 is 0. The summed E-state index contributed by atoms with van der Waals surface area (Å²) in [6, 6.07) is 10.8. The van der Waals surface area contributed by atoms with E-state index in [-0.39, 0.29) is 17.9 Å². The molecule has 1 atom stereocenters. The quantitative estimate of drug-likeness (QED) is 0.432. The summed E-state index contributed by atoms with van der Waals surface area (Å²) in [5.41, 5.74) is 2.99. The third-order valence-electron chi connectivity index (χ3n) is 6.94. The van der Waals surface area contributed by atoms with E-state index in [0.29, 0.717) is 43.8 Å². The Kier molecular flexibility index (Phi) is 8.80. The van der Waals surface area contributed by atoms with Crippen molar-refractivity contribution >= 4 is 17.7 Å². The lowest BCUT2D eigenvalue weighted by molar-refractivity contribution is -0.144. The van der Waals surface area contributed by atoms with Gasteiger partial charge in [-0.3, -0.25) is 14.5 Å². The average Bonchev–Trinajstić information content (AvgIpc) is 2.87. The van der Waals surface area contributed by atoms with Gasteiger partial charge in [-0.15, -0.1) is 0 Å². The van der Waals surface area contributed by atoms with Gasteiger partial charge in [0.25, 0.3) is 0 Å². The molecule has 0 aliphatic carbocycles. The molecule has 0 unspecified atom stereocenters. The molecule has 8 nitrogen and oxygen atoms in total. The Hall–Kier alpha value is -3.13. The highest BCUT2D eigenvalue weighted by atomic mass is 16.5. The summed E-state index contributed by atoms with van der Waals surface area (Å²) in [5.74, 6) is 0.675. The molecule has 1 aromatic heterocycles. The van der Waals surface area contributed by atoms with Crippen molar-refractivity contribution in [2.75, 3.05) is 31.5 Å². The van der Waals surface area contributed by atoms with E-state index in [4.69, 9.17) is 9.72 Å². The average molecular weight is 495 g/mol. The molecule has 0 radical (unpaired) electrons. The number of nitrogens with zero attached hydrogens (tertiary/aromatic N) is 2. The second-order valence-electron chi connectivity index (χ2n) is 9.99. The Balaban J connectivity index is 1.25. The van der Waals surface area contributed by atoms with Crippen LogP contribution in [0.3, 0.4) is 0 Å². The van der Waals surface area contributed by atoms with Crippen LogP contribution in [-0.2, 0) is 22.4 Å². The van der Waals surface area contributed by atoms with Crippen molar-refractivity contribution in [3.05, 3.63) is 53.2 Å². The van der Waals surface area contributed by atoms with Crippen LogP contribution in [0.15, 0.2) is 36.4 Å². The van der Waals surface area contributed by atoms with Crippen LogP contribution in [0.1, 0.15) is 62.4 Å². The smallest absolute Gasteiger partial charge is 0.325 e. The zero-order valence-corrected chi connectivity index (χ0v) is 21.3. The number of ether oxygens (including phenoxy) is 1. The van der Waals surface area contributed by atoms with E-state index < -0.39 is 12.0 Å². The van der Waals surface area contributed by atoms with E-state index in [0.717, 1.165) is 43.7 Å². The Morgan fingerprint density at radius 2 is 1.97 bits per heavy atom. The SMILES string of the molecule is CC(C)Oc1ccccc1[C@@H](C(=O)O)N1CCC(C(=O)NCCCc2ccc3c(n2)NCCC3)CC1.